The number of hydrogen-bond donors (Lipinski definition) is 2. The van der Waals surface area contributed by atoms with E-state index >= 15 is 0 Å². The van der Waals surface area contributed by atoms with Gasteiger partial charge in [-0.15, -0.1) is 11.3 Å². The van der Waals surface area contributed by atoms with Gasteiger partial charge in [0.15, 0.2) is 5.96 Å². The number of rotatable bonds is 6. The zero-order valence-corrected chi connectivity index (χ0v) is 18.7. The standard InChI is InChI=1S/C20H35N5O2S/c1-16-7-8-17(28-16)15-23-18(21-5)22-9-6-10-24-11-13-25(14-12-24)19(26)27-20(2,3)4/h7-8H,6,9-15H2,1-5H3,(H2,21,22,23). The molecule has 0 aromatic carbocycles. The number of carbonyl (C=O) groups is 1. The van der Waals surface area contributed by atoms with Gasteiger partial charge in [0.2, 0.25) is 0 Å². The highest BCUT2D eigenvalue weighted by molar-refractivity contribution is 7.11. The number of aliphatic imine (C=N–C) groups is 1. The summed E-state index contributed by atoms with van der Waals surface area (Å²) in [4.78, 5) is 23.2. The van der Waals surface area contributed by atoms with Gasteiger partial charge in [0.05, 0.1) is 6.54 Å². The van der Waals surface area contributed by atoms with Crippen molar-refractivity contribution in [3.05, 3.63) is 21.9 Å². The summed E-state index contributed by atoms with van der Waals surface area (Å²) in [7, 11) is 1.80. The van der Waals surface area contributed by atoms with E-state index < -0.39 is 5.60 Å². The van der Waals surface area contributed by atoms with Crippen LogP contribution in [-0.4, -0.2) is 73.8 Å². The summed E-state index contributed by atoms with van der Waals surface area (Å²) in [6.07, 6.45) is 0.829. The molecule has 0 saturated carbocycles. The first kappa shape index (κ1) is 22.5. The first-order valence-corrected chi connectivity index (χ1v) is 10.8. The molecule has 28 heavy (non-hydrogen) atoms. The Kier molecular flexibility index (Phi) is 8.57. The number of hydrogen-bond acceptors (Lipinski definition) is 5. The maximum absolute atomic E-state index is 12.1. The van der Waals surface area contributed by atoms with E-state index in [-0.39, 0.29) is 6.09 Å². The van der Waals surface area contributed by atoms with Crippen LogP contribution in [0.2, 0.25) is 0 Å². The third kappa shape index (κ3) is 8.06. The molecular weight excluding hydrogens is 374 g/mol. The van der Waals surface area contributed by atoms with E-state index in [4.69, 9.17) is 4.74 Å². The van der Waals surface area contributed by atoms with E-state index in [9.17, 15) is 4.79 Å². The molecule has 1 fully saturated rings. The summed E-state index contributed by atoms with van der Waals surface area (Å²) in [5.74, 6) is 0.834. The molecule has 0 unspecified atom stereocenters. The quantitative estimate of drug-likeness (QED) is 0.429. The molecule has 1 aliphatic heterocycles. The van der Waals surface area contributed by atoms with Crippen LogP contribution in [0.15, 0.2) is 17.1 Å². The molecule has 1 aromatic heterocycles. The van der Waals surface area contributed by atoms with Gasteiger partial charge in [0, 0.05) is 49.5 Å². The van der Waals surface area contributed by atoms with Crippen molar-refractivity contribution >= 4 is 23.4 Å². The fourth-order valence-electron chi connectivity index (χ4n) is 2.96. The fourth-order valence-corrected chi connectivity index (χ4v) is 3.79. The van der Waals surface area contributed by atoms with E-state index in [1.807, 2.05) is 20.8 Å². The second-order valence-electron chi connectivity index (χ2n) is 8.03. The highest BCUT2D eigenvalue weighted by Gasteiger charge is 2.25. The average Bonchev–Trinajstić information content (AvgIpc) is 3.05. The minimum Gasteiger partial charge on any atom is -0.444 e. The SMILES string of the molecule is CN=C(NCCCN1CCN(C(=O)OC(C)(C)C)CC1)NCc1ccc(C)s1. The van der Waals surface area contributed by atoms with Gasteiger partial charge in [-0.3, -0.25) is 9.89 Å². The fraction of sp³-hybridized carbons (Fsp3) is 0.700. The van der Waals surface area contributed by atoms with Gasteiger partial charge in [0.1, 0.15) is 5.60 Å². The summed E-state index contributed by atoms with van der Waals surface area (Å²) in [6.45, 7) is 13.7. The summed E-state index contributed by atoms with van der Waals surface area (Å²) < 4.78 is 5.44. The zero-order chi connectivity index (χ0) is 20.6. The van der Waals surface area contributed by atoms with Crippen LogP contribution in [0.1, 0.15) is 36.9 Å². The number of ether oxygens (including phenoxy) is 1. The predicted octanol–water partition coefficient (Wildman–Crippen LogP) is 2.66. The van der Waals surface area contributed by atoms with E-state index in [0.717, 1.165) is 58.2 Å². The van der Waals surface area contributed by atoms with Gasteiger partial charge >= 0.3 is 6.09 Å². The zero-order valence-electron chi connectivity index (χ0n) is 17.9. The Morgan fingerprint density at radius 2 is 1.93 bits per heavy atom. The molecule has 1 saturated heterocycles. The lowest BCUT2D eigenvalue weighted by Gasteiger charge is -2.35. The topological polar surface area (TPSA) is 69.2 Å². The van der Waals surface area contributed by atoms with Crippen LogP contribution in [0.4, 0.5) is 4.79 Å². The first-order valence-electron chi connectivity index (χ1n) is 9.97. The van der Waals surface area contributed by atoms with E-state index in [1.54, 1.807) is 23.3 Å². The maximum atomic E-state index is 12.1. The van der Waals surface area contributed by atoms with E-state index in [0.29, 0.717) is 0 Å². The lowest BCUT2D eigenvalue weighted by atomic mass is 10.2. The van der Waals surface area contributed by atoms with Crippen LogP contribution in [0.25, 0.3) is 0 Å². The second-order valence-corrected chi connectivity index (χ2v) is 9.40. The van der Waals surface area contributed by atoms with Crippen molar-refractivity contribution in [1.29, 1.82) is 0 Å². The normalized spacial score (nSPS) is 16.2. The Hall–Kier alpha value is -1.80. The van der Waals surface area contributed by atoms with Gasteiger partial charge in [-0.05, 0) is 52.8 Å². The van der Waals surface area contributed by atoms with Crippen LogP contribution < -0.4 is 10.6 Å². The van der Waals surface area contributed by atoms with Crippen LogP contribution in [0.5, 0.6) is 0 Å². The van der Waals surface area contributed by atoms with Crippen molar-refractivity contribution < 1.29 is 9.53 Å². The number of amides is 1. The Morgan fingerprint density at radius 1 is 1.21 bits per heavy atom. The highest BCUT2D eigenvalue weighted by atomic mass is 32.1. The Balaban J connectivity index is 1.59. The molecule has 1 amide bonds. The van der Waals surface area contributed by atoms with Crippen molar-refractivity contribution in [2.24, 2.45) is 4.99 Å². The predicted molar refractivity (Wildman–Crippen MR) is 116 cm³/mol. The maximum Gasteiger partial charge on any atom is 0.410 e. The molecule has 1 aromatic rings. The Bertz CT molecular complexity index is 645. The van der Waals surface area contributed by atoms with E-state index in [1.165, 1.54) is 9.75 Å². The summed E-state index contributed by atoms with van der Waals surface area (Å²) in [6, 6.07) is 4.29. The molecule has 8 heteroatoms. The molecular formula is C20H35N5O2S. The third-order valence-electron chi connectivity index (χ3n) is 4.42. The molecule has 158 valence electrons. The summed E-state index contributed by atoms with van der Waals surface area (Å²) in [5, 5.41) is 6.72. The molecule has 1 aliphatic rings. The second kappa shape index (κ2) is 10.7. The average molecular weight is 410 g/mol. The summed E-state index contributed by atoms with van der Waals surface area (Å²) >= 11 is 1.80. The number of aryl methyl sites for hydroxylation is 1. The van der Waals surface area contributed by atoms with Gasteiger partial charge in [0.25, 0.3) is 0 Å². The van der Waals surface area contributed by atoms with Crippen LogP contribution in [-0.2, 0) is 11.3 Å². The first-order chi connectivity index (χ1) is 13.3. The van der Waals surface area contributed by atoms with Gasteiger partial charge in [-0.2, -0.15) is 0 Å². The number of nitrogens with one attached hydrogen (secondary N) is 2. The van der Waals surface area contributed by atoms with Crippen LogP contribution in [0.3, 0.4) is 0 Å². The van der Waals surface area contributed by atoms with Gasteiger partial charge in [-0.25, -0.2) is 4.79 Å². The number of guanidine groups is 1. The number of nitrogens with zero attached hydrogens (tertiary/aromatic N) is 3. The van der Waals surface area contributed by atoms with Crippen molar-refractivity contribution in [1.82, 2.24) is 20.4 Å². The van der Waals surface area contributed by atoms with Crippen molar-refractivity contribution in [2.75, 3.05) is 46.3 Å². The molecule has 7 nitrogen and oxygen atoms in total. The molecule has 0 radical (unpaired) electrons. The molecule has 0 atom stereocenters. The lowest BCUT2D eigenvalue weighted by molar-refractivity contribution is 0.0145. The van der Waals surface area contributed by atoms with Gasteiger partial charge < -0.3 is 20.3 Å². The Labute approximate surface area is 173 Å². The van der Waals surface area contributed by atoms with Crippen LogP contribution >= 0.6 is 11.3 Å². The number of piperazine rings is 1. The smallest absolute Gasteiger partial charge is 0.410 e. The minimum absolute atomic E-state index is 0.204. The highest BCUT2D eigenvalue weighted by Crippen LogP contribution is 2.14. The molecule has 0 bridgehead atoms. The van der Waals surface area contributed by atoms with E-state index in [2.05, 4.69) is 39.6 Å². The number of carbonyl (C=O) groups excluding carboxylic acids is 1. The largest absolute Gasteiger partial charge is 0.444 e. The minimum atomic E-state index is -0.436. The molecule has 2 heterocycles. The van der Waals surface area contributed by atoms with Crippen molar-refractivity contribution in [2.45, 2.75) is 46.3 Å². The molecule has 2 N–H and O–H groups in total. The third-order valence-corrected chi connectivity index (χ3v) is 5.42. The van der Waals surface area contributed by atoms with Crippen LogP contribution in [0, 0.1) is 6.92 Å². The number of thiophene rings is 1. The van der Waals surface area contributed by atoms with Crippen molar-refractivity contribution in [3.8, 4) is 0 Å². The monoisotopic (exact) mass is 409 g/mol. The Morgan fingerprint density at radius 3 is 2.50 bits per heavy atom. The lowest BCUT2D eigenvalue weighted by Crippen LogP contribution is -2.50. The molecule has 0 spiro atoms. The van der Waals surface area contributed by atoms with Gasteiger partial charge in [-0.1, -0.05) is 0 Å². The molecule has 2 rings (SSSR count). The molecule has 0 aliphatic carbocycles. The summed E-state index contributed by atoms with van der Waals surface area (Å²) in [5.41, 5.74) is -0.436. The van der Waals surface area contributed by atoms with Crippen molar-refractivity contribution in [3.63, 3.8) is 0 Å².